The second kappa shape index (κ2) is 3.19. The Morgan fingerprint density at radius 3 is 2.71 bits per heavy atom. The van der Waals surface area contributed by atoms with Crippen LogP contribution in [0.3, 0.4) is 0 Å². The van der Waals surface area contributed by atoms with E-state index in [1.54, 1.807) is 0 Å². The SMILES string of the molecule is O=C1CCCc2cc3c4c(cccc4c21)CC3. The minimum absolute atomic E-state index is 0.349. The highest BCUT2D eigenvalue weighted by Gasteiger charge is 2.24. The van der Waals surface area contributed by atoms with Crippen molar-refractivity contribution in [3.8, 4) is 0 Å². The van der Waals surface area contributed by atoms with Crippen LogP contribution in [0.4, 0.5) is 0 Å². The molecule has 1 nitrogen and oxygen atoms in total. The lowest BCUT2D eigenvalue weighted by Gasteiger charge is -2.18. The number of carbonyl (C=O) groups is 1. The van der Waals surface area contributed by atoms with E-state index in [0.717, 1.165) is 37.7 Å². The minimum Gasteiger partial charge on any atom is -0.294 e. The van der Waals surface area contributed by atoms with Crippen LogP contribution in [-0.4, -0.2) is 5.78 Å². The number of hydrogen-bond acceptors (Lipinski definition) is 1. The van der Waals surface area contributed by atoms with Gasteiger partial charge in [0.05, 0.1) is 0 Å². The molecule has 2 aromatic carbocycles. The molecule has 2 aromatic rings. The number of benzene rings is 2. The van der Waals surface area contributed by atoms with Gasteiger partial charge >= 0.3 is 0 Å². The lowest BCUT2D eigenvalue weighted by Crippen LogP contribution is -2.11. The number of ketones is 1. The molecule has 0 aliphatic heterocycles. The van der Waals surface area contributed by atoms with Crippen molar-refractivity contribution in [1.82, 2.24) is 0 Å². The number of carbonyl (C=O) groups excluding carboxylic acids is 1. The van der Waals surface area contributed by atoms with E-state index < -0.39 is 0 Å². The van der Waals surface area contributed by atoms with Crippen LogP contribution in [0.2, 0.25) is 0 Å². The number of hydrogen-bond donors (Lipinski definition) is 0. The summed E-state index contributed by atoms with van der Waals surface area (Å²) < 4.78 is 0. The zero-order valence-electron chi connectivity index (χ0n) is 9.75. The van der Waals surface area contributed by atoms with Gasteiger partial charge in [-0.2, -0.15) is 0 Å². The summed E-state index contributed by atoms with van der Waals surface area (Å²) in [5.41, 5.74) is 5.21. The summed E-state index contributed by atoms with van der Waals surface area (Å²) in [5.74, 6) is 0.349. The summed E-state index contributed by atoms with van der Waals surface area (Å²) in [4.78, 5) is 12.1. The Labute approximate surface area is 100 Å². The third-order valence-electron chi connectivity index (χ3n) is 4.20. The Morgan fingerprint density at radius 1 is 0.882 bits per heavy atom. The van der Waals surface area contributed by atoms with Gasteiger partial charge in [-0.15, -0.1) is 0 Å². The molecule has 2 aliphatic rings. The van der Waals surface area contributed by atoms with E-state index in [2.05, 4.69) is 24.3 Å². The summed E-state index contributed by atoms with van der Waals surface area (Å²) in [6.45, 7) is 0. The minimum atomic E-state index is 0.349. The highest BCUT2D eigenvalue weighted by molar-refractivity contribution is 6.11. The third-order valence-corrected chi connectivity index (χ3v) is 4.20. The van der Waals surface area contributed by atoms with Crippen LogP contribution in [0, 0.1) is 0 Å². The summed E-state index contributed by atoms with van der Waals surface area (Å²) >= 11 is 0. The van der Waals surface area contributed by atoms with Crippen LogP contribution in [-0.2, 0) is 19.3 Å². The summed E-state index contributed by atoms with van der Waals surface area (Å²) in [6.07, 6.45) is 5.12. The number of rotatable bonds is 0. The Bertz CT molecular complexity index is 652. The average molecular weight is 222 g/mol. The third kappa shape index (κ3) is 1.17. The molecule has 0 saturated carbocycles. The van der Waals surface area contributed by atoms with Gasteiger partial charge in [0.25, 0.3) is 0 Å². The van der Waals surface area contributed by atoms with Crippen molar-refractivity contribution < 1.29 is 4.79 Å². The average Bonchev–Trinajstić information content (AvgIpc) is 2.74. The van der Waals surface area contributed by atoms with E-state index in [1.165, 1.54) is 27.5 Å². The highest BCUT2D eigenvalue weighted by Crippen LogP contribution is 2.37. The lowest BCUT2D eigenvalue weighted by molar-refractivity contribution is 0.0974. The molecule has 0 amide bonds. The van der Waals surface area contributed by atoms with Crippen molar-refractivity contribution >= 4 is 16.6 Å². The van der Waals surface area contributed by atoms with E-state index >= 15 is 0 Å². The van der Waals surface area contributed by atoms with Gasteiger partial charge in [0.15, 0.2) is 5.78 Å². The van der Waals surface area contributed by atoms with E-state index in [9.17, 15) is 4.79 Å². The molecule has 0 fully saturated rings. The Kier molecular flexibility index (Phi) is 1.77. The second-order valence-corrected chi connectivity index (χ2v) is 5.19. The van der Waals surface area contributed by atoms with Gasteiger partial charge in [-0.25, -0.2) is 0 Å². The van der Waals surface area contributed by atoms with Crippen LogP contribution in [0.15, 0.2) is 24.3 Å². The van der Waals surface area contributed by atoms with Crippen LogP contribution in [0.25, 0.3) is 10.8 Å². The maximum absolute atomic E-state index is 12.1. The van der Waals surface area contributed by atoms with Gasteiger partial charge < -0.3 is 0 Å². The zero-order valence-corrected chi connectivity index (χ0v) is 9.75. The van der Waals surface area contributed by atoms with Gasteiger partial charge in [0, 0.05) is 12.0 Å². The van der Waals surface area contributed by atoms with Gasteiger partial charge in [0.1, 0.15) is 0 Å². The lowest BCUT2D eigenvalue weighted by atomic mass is 9.85. The molecule has 0 N–H and O–H groups in total. The van der Waals surface area contributed by atoms with Gasteiger partial charge in [-0.3, -0.25) is 4.79 Å². The second-order valence-electron chi connectivity index (χ2n) is 5.19. The monoisotopic (exact) mass is 222 g/mol. The molecule has 0 heterocycles. The van der Waals surface area contributed by atoms with Crippen LogP contribution >= 0.6 is 0 Å². The van der Waals surface area contributed by atoms with Crippen molar-refractivity contribution in [1.29, 1.82) is 0 Å². The summed E-state index contributed by atoms with van der Waals surface area (Å²) in [7, 11) is 0. The number of aryl methyl sites for hydroxylation is 3. The molecular weight excluding hydrogens is 208 g/mol. The summed E-state index contributed by atoms with van der Waals surface area (Å²) in [6, 6.07) is 8.74. The van der Waals surface area contributed by atoms with Crippen molar-refractivity contribution in [2.24, 2.45) is 0 Å². The van der Waals surface area contributed by atoms with Gasteiger partial charge in [0.2, 0.25) is 0 Å². The van der Waals surface area contributed by atoms with Crippen LogP contribution in [0.5, 0.6) is 0 Å². The molecule has 0 aromatic heterocycles. The first-order chi connectivity index (χ1) is 8.34. The fourth-order valence-corrected chi connectivity index (χ4v) is 3.48. The molecular formula is C16H14O. The molecule has 2 aliphatic carbocycles. The Balaban J connectivity index is 2.19. The molecule has 84 valence electrons. The highest BCUT2D eigenvalue weighted by atomic mass is 16.1. The standard InChI is InChI=1S/C16H14O/c17-14-6-2-4-11-9-12-8-7-10-3-1-5-13(15(10)12)16(11)14/h1,3,5,9H,2,4,6-8H2. The molecule has 0 spiro atoms. The van der Waals surface area contributed by atoms with E-state index in [4.69, 9.17) is 0 Å². The smallest absolute Gasteiger partial charge is 0.163 e. The zero-order chi connectivity index (χ0) is 11.4. The maximum Gasteiger partial charge on any atom is 0.163 e. The first kappa shape index (κ1) is 9.41. The van der Waals surface area contributed by atoms with Gasteiger partial charge in [-0.05, 0) is 53.1 Å². The van der Waals surface area contributed by atoms with Crippen molar-refractivity contribution in [3.05, 3.63) is 46.5 Å². The number of Topliss-reactive ketones (excluding diaryl/α,β-unsaturated/α-hetero) is 1. The number of fused-ring (bicyclic) bond motifs is 2. The maximum atomic E-state index is 12.1. The first-order valence-electron chi connectivity index (χ1n) is 6.44. The van der Waals surface area contributed by atoms with Crippen molar-refractivity contribution in [3.63, 3.8) is 0 Å². The summed E-state index contributed by atoms with van der Waals surface area (Å²) in [5, 5.41) is 2.60. The molecule has 4 rings (SSSR count). The molecule has 0 radical (unpaired) electrons. The quantitative estimate of drug-likeness (QED) is 0.667. The molecule has 17 heavy (non-hydrogen) atoms. The predicted molar refractivity (Wildman–Crippen MR) is 68.6 cm³/mol. The normalized spacial score (nSPS) is 17.5. The first-order valence-corrected chi connectivity index (χ1v) is 6.44. The van der Waals surface area contributed by atoms with Crippen molar-refractivity contribution in [2.45, 2.75) is 32.1 Å². The molecule has 0 saturated heterocycles. The fourth-order valence-electron chi connectivity index (χ4n) is 3.48. The predicted octanol–water partition coefficient (Wildman–Crippen LogP) is 3.46. The largest absolute Gasteiger partial charge is 0.294 e. The van der Waals surface area contributed by atoms with Crippen LogP contribution < -0.4 is 0 Å². The van der Waals surface area contributed by atoms with E-state index in [1.807, 2.05) is 0 Å². The van der Waals surface area contributed by atoms with Crippen molar-refractivity contribution in [2.75, 3.05) is 0 Å². The molecule has 0 unspecified atom stereocenters. The Morgan fingerprint density at radius 2 is 1.76 bits per heavy atom. The molecule has 1 heteroatoms. The van der Waals surface area contributed by atoms with E-state index in [0.29, 0.717) is 5.78 Å². The molecule has 0 atom stereocenters. The van der Waals surface area contributed by atoms with Gasteiger partial charge in [-0.1, -0.05) is 24.3 Å². The Hall–Kier alpha value is -1.63. The van der Waals surface area contributed by atoms with E-state index in [-0.39, 0.29) is 0 Å². The fraction of sp³-hybridized carbons (Fsp3) is 0.312. The van der Waals surface area contributed by atoms with Crippen LogP contribution in [0.1, 0.15) is 39.9 Å². The topological polar surface area (TPSA) is 17.1 Å². The molecule has 0 bridgehead atoms.